The van der Waals surface area contributed by atoms with Gasteiger partial charge in [0.05, 0.1) is 11.0 Å². The van der Waals surface area contributed by atoms with Crippen molar-refractivity contribution in [2.24, 2.45) is 0 Å². The Morgan fingerprint density at radius 3 is 1.01 bits per heavy atom. The normalized spacial score (nSPS) is 13.8. The van der Waals surface area contributed by atoms with Crippen LogP contribution in [0.4, 0.5) is 32.3 Å². The highest BCUT2D eigenvalue weighted by molar-refractivity contribution is 6.40. The number of benzene rings is 8. The first kappa shape index (κ1) is 57.3. The number of fused-ring (bicyclic) bond motifs is 4. The zero-order chi connectivity index (χ0) is 57.9. The minimum Gasteiger partial charge on any atom is -0.398 e. The number of amides is 9. The molecular formula is C59H49Cl2N7O13. The molecule has 412 valence electrons. The van der Waals surface area contributed by atoms with Gasteiger partial charge in [-0.2, -0.15) is 4.79 Å². The van der Waals surface area contributed by atoms with E-state index in [9.17, 15) is 47.9 Å². The lowest BCUT2D eigenvalue weighted by Crippen LogP contribution is -2.37. The number of nitrogens with zero attached hydrogens (tertiary/aromatic N) is 3. The van der Waals surface area contributed by atoms with Crippen LogP contribution < -0.4 is 21.7 Å². The lowest BCUT2D eigenvalue weighted by Gasteiger charge is -2.20. The second kappa shape index (κ2) is 25.7. The predicted octanol–water partition coefficient (Wildman–Crippen LogP) is 11.1. The minimum atomic E-state index is -1.48. The van der Waals surface area contributed by atoms with E-state index in [0.29, 0.717) is 27.7 Å². The fourth-order valence-electron chi connectivity index (χ4n) is 9.24. The predicted molar refractivity (Wildman–Crippen MR) is 304 cm³/mol. The average molecular weight is 1130 g/mol. The SMILES string of the molecule is CC(=O)Nc1ccc2ccccc2c1-c1c(N)ccc2ccccc12.CC(=O)Nc1ccc2ccccc2c1-c1c(NC(=O)ON2C(=O)CCC2=O)ccc2ccccc12.ClCCl.O=C(ON1C(=O)CCC1=O)ON1C(=O)CCC1=O. The number of hydrogen-bond donors (Lipinski definition) is 4. The van der Waals surface area contributed by atoms with Crippen LogP contribution in [0.1, 0.15) is 52.4 Å². The molecule has 0 saturated carbocycles. The monoisotopic (exact) mass is 1130 g/mol. The molecule has 0 bridgehead atoms. The van der Waals surface area contributed by atoms with E-state index in [1.807, 2.05) is 115 Å². The molecule has 9 amide bonds. The number of carbonyl (C=O) groups excluding carboxylic acids is 10. The second-order valence-electron chi connectivity index (χ2n) is 18.0. The fourth-order valence-corrected chi connectivity index (χ4v) is 9.24. The van der Waals surface area contributed by atoms with Crippen molar-refractivity contribution in [3.63, 3.8) is 0 Å². The maximum absolute atomic E-state index is 12.8. The van der Waals surface area contributed by atoms with E-state index < -0.39 is 47.7 Å². The van der Waals surface area contributed by atoms with Gasteiger partial charge in [-0.15, -0.1) is 28.3 Å². The third-order valence-electron chi connectivity index (χ3n) is 12.6. The lowest BCUT2D eigenvalue weighted by molar-refractivity contribution is -0.198. The van der Waals surface area contributed by atoms with E-state index in [4.69, 9.17) is 33.8 Å². The Kier molecular flexibility index (Phi) is 18.2. The summed E-state index contributed by atoms with van der Waals surface area (Å²) >= 11 is 9.53. The maximum Gasteiger partial charge on any atom is 0.560 e. The number of imide groups is 3. The molecule has 3 aliphatic heterocycles. The Bertz CT molecular complexity index is 3790. The van der Waals surface area contributed by atoms with Crippen LogP contribution in [0.2, 0.25) is 0 Å². The van der Waals surface area contributed by atoms with Gasteiger partial charge in [0.25, 0.3) is 35.4 Å². The molecule has 0 aliphatic carbocycles. The molecular weight excluding hydrogens is 1090 g/mol. The van der Waals surface area contributed by atoms with Crippen molar-refractivity contribution >= 4 is 149 Å². The number of carbonyl (C=O) groups is 10. The molecule has 8 aromatic carbocycles. The Hall–Kier alpha value is -9.92. The first-order chi connectivity index (χ1) is 39.0. The first-order valence-corrected chi connectivity index (χ1v) is 26.0. The van der Waals surface area contributed by atoms with Crippen molar-refractivity contribution in [3.8, 4) is 22.3 Å². The van der Waals surface area contributed by atoms with Crippen LogP contribution >= 0.6 is 23.2 Å². The highest BCUT2D eigenvalue weighted by atomic mass is 35.5. The highest BCUT2D eigenvalue weighted by Crippen LogP contribution is 2.45. The molecule has 3 saturated heterocycles. The third-order valence-corrected chi connectivity index (χ3v) is 12.6. The molecule has 3 fully saturated rings. The highest BCUT2D eigenvalue weighted by Gasteiger charge is 2.38. The summed E-state index contributed by atoms with van der Waals surface area (Å²) in [6.45, 7) is 2.95. The fraction of sp³-hybridized carbons (Fsp3) is 0.153. The Morgan fingerprint density at radius 1 is 0.407 bits per heavy atom. The van der Waals surface area contributed by atoms with Gasteiger partial charge in [-0.3, -0.25) is 53.3 Å². The molecule has 20 nitrogen and oxygen atoms in total. The van der Waals surface area contributed by atoms with Crippen LogP contribution in [0.3, 0.4) is 0 Å². The summed E-state index contributed by atoms with van der Waals surface area (Å²) in [5.41, 5.74) is 12.1. The van der Waals surface area contributed by atoms with E-state index in [-0.39, 0.29) is 65.8 Å². The summed E-state index contributed by atoms with van der Waals surface area (Å²) in [5.74, 6) is -4.20. The van der Waals surface area contributed by atoms with Gasteiger partial charge in [-0.25, -0.2) is 4.79 Å². The lowest BCUT2D eigenvalue weighted by atomic mass is 9.91. The van der Waals surface area contributed by atoms with Crippen molar-refractivity contribution in [3.05, 3.63) is 146 Å². The molecule has 5 N–H and O–H groups in total. The number of hydroxylamine groups is 6. The van der Waals surface area contributed by atoms with Gasteiger partial charge in [0.2, 0.25) is 11.8 Å². The van der Waals surface area contributed by atoms with Gasteiger partial charge in [0.15, 0.2) is 0 Å². The van der Waals surface area contributed by atoms with Crippen molar-refractivity contribution < 1.29 is 62.5 Å². The van der Waals surface area contributed by atoms with Gasteiger partial charge in [0, 0.05) is 91.7 Å². The van der Waals surface area contributed by atoms with Crippen molar-refractivity contribution in [2.45, 2.75) is 52.4 Å². The number of nitrogen functional groups attached to an aromatic ring is 1. The molecule has 22 heteroatoms. The molecule has 0 aromatic heterocycles. The third kappa shape index (κ3) is 13.2. The smallest absolute Gasteiger partial charge is 0.398 e. The molecule has 8 aromatic rings. The standard InChI is InChI=1S/C27H21N3O5.C22H18N2O.C9H8N2O7.CH2Cl2/c1-16(31)28-21-12-10-17-6-2-4-8-19(17)25(21)26-20-9-5-3-7-18(20)11-13-22(26)29-27(34)35-30-23(32)14-15-24(30)33;1-14(25)24-20-13-11-16-7-3-5-9-18(16)22(20)21-17-8-4-2-6-15(17)10-12-19(21)23;12-5-1-2-6(13)10(5)17-9(16)18-11-7(14)3-4-8(11)15;2-1-3/h2-13H,14-15H2,1H3,(H,28,31)(H,29,34);2-13H,23H2,1H3,(H,24,25);1-4H2;1H2. The molecule has 0 spiro atoms. The van der Waals surface area contributed by atoms with E-state index >= 15 is 0 Å². The van der Waals surface area contributed by atoms with Crippen LogP contribution in [-0.2, 0) is 52.9 Å². The zero-order valence-electron chi connectivity index (χ0n) is 43.3. The number of nitrogens with one attached hydrogen (secondary N) is 3. The summed E-state index contributed by atoms with van der Waals surface area (Å²) in [6.07, 6.45) is -2.69. The Morgan fingerprint density at radius 2 is 0.679 bits per heavy atom. The topological polar surface area (TPSA) is 270 Å². The van der Waals surface area contributed by atoms with E-state index in [2.05, 4.69) is 49.9 Å². The number of nitrogens with two attached hydrogens (primary N) is 1. The first-order valence-electron chi connectivity index (χ1n) is 24.9. The molecule has 11 rings (SSSR count). The Balaban J connectivity index is 0.000000164. The number of anilines is 4. The number of rotatable bonds is 8. The van der Waals surface area contributed by atoms with Crippen LogP contribution in [0, 0.1) is 0 Å². The summed E-state index contributed by atoms with van der Waals surface area (Å²) in [7, 11) is 0. The van der Waals surface area contributed by atoms with Gasteiger partial charge >= 0.3 is 12.2 Å². The molecule has 81 heavy (non-hydrogen) atoms. The van der Waals surface area contributed by atoms with Crippen molar-refractivity contribution in [2.75, 3.05) is 27.0 Å². The van der Waals surface area contributed by atoms with E-state index in [0.717, 1.165) is 65.5 Å². The number of hydrogen-bond acceptors (Lipinski definition) is 14. The van der Waals surface area contributed by atoms with Crippen LogP contribution in [0.15, 0.2) is 146 Å². The molecule has 3 aliphatic rings. The summed E-state index contributed by atoms with van der Waals surface area (Å²) in [4.78, 5) is 130. The van der Waals surface area contributed by atoms with Crippen molar-refractivity contribution in [1.29, 1.82) is 0 Å². The van der Waals surface area contributed by atoms with E-state index in [1.54, 1.807) is 6.07 Å². The van der Waals surface area contributed by atoms with Gasteiger partial charge < -0.3 is 21.2 Å². The summed E-state index contributed by atoms with van der Waals surface area (Å²) in [6, 6.07) is 47.0. The molecule has 0 unspecified atom stereocenters. The van der Waals surface area contributed by atoms with Crippen LogP contribution in [0.5, 0.6) is 0 Å². The van der Waals surface area contributed by atoms with Crippen LogP contribution in [0.25, 0.3) is 65.3 Å². The summed E-state index contributed by atoms with van der Waals surface area (Å²) in [5, 5.41) is 17.7. The van der Waals surface area contributed by atoms with Gasteiger partial charge in [-0.1, -0.05) is 131 Å². The molecule has 3 heterocycles. The minimum absolute atomic E-state index is 0.00339. The number of halogens is 2. The number of alkyl halides is 2. The van der Waals surface area contributed by atoms with Gasteiger partial charge in [0.1, 0.15) is 0 Å². The Labute approximate surface area is 471 Å². The largest absolute Gasteiger partial charge is 0.560 e. The van der Waals surface area contributed by atoms with Gasteiger partial charge in [-0.05, 0) is 67.4 Å². The van der Waals surface area contributed by atoms with Crippen molar-refractivity contribution in [1.82, 2.24) is 15.2 Å². The maximum atomic E-state index is 12.8. The quantitative estimate of drug-likeness (QED) is 0.0626. The molecule has 0 radical (unpaired) electrons. The van der Waals surface area contributed by atoms with Crippen LogP contribution in [-0.4, -0.2) is 80.0 Å². The zero-order valence-corrected chi connectivity index (χ0v) is 44.8. The molecule has 0 atom stereocenters. The summed E-state index contributed by atoms with van der Waals surface area (Å²) < 4.78 is 0. The average Bonchev–Trinajstić information content (AvgIpc) is 4.09. The second-order valence-corrected chi connectivity index (χ2v) is 18.8. The van der Waals surface area contributed by atoms with E-state index in [1.165, 1.54) is 13.8 Å².